The Kier molecular flexibility index (Phi) is 4.61. The first-order chi connectivity index (χ1) is 9.38. The number of carboxylic acid groups (broad SMARTS) is 1. The van der Waals surface area contributed by atoms with Crippen molar-refractivity contribution in [2.75, 3.05) is 0 Å². The van der Waals surface area contributed by atoms with E-state index in [1.54, 1.807) is 19.3 Å². The fraction of sp³-hybridized carbons (Fsp3) is 0.182. The molecule has 9 heteroatoms. The van der Waals surface area contributed by atoms with E-state index in [9.17, 15) is 14.7 Å². The van der Waals surface area contributed by atoms with E-state index >= 15 is 0 Å². The maximum Gasteiger partial charge on any atom is 0.331 e. The molecule has 0 aliphatic rings. The molecule has 20 heavy (non-hydrogen) atoms. The van der Waals surface area contributed by atoms with Gasteiger partial charge in [0, 0.05) is 23.3 Å². The average molecular weight is 423 g/mol. The van der Waals surface area contributed by atoms with E-state index in [2.05, 4.69) is 42.3 Å². The molecule has 0 spiro atoms. The highest BCUT2D eigenvalue weighted by Crippen LogP contribution is 2.32. The summed E-state index contributed by atoms with van der Waals surface area (Å²) in [5, 5.41) is 15.6. The number of nitrogens with zero attached hydrogens (tertiary/aromatic N) is 2. The van der Waals surface area contributed by atoms with Gasteiger partial charge in [0.25, 0.3) is 5.91 Å². The highest BCUT2D eigenvalue weighted by atomic mass is 79.9. The van der Waals surface area contributed by atoms with Crippen LogP contribution >= 0.6 is 43.2 Å². The number of carbonyl (C=O) groups excluding carboxylic acids is 1. The molecule has 0 bridgehead atoms. The molecule has 2 N–H and O–H groups in total. The molecule has 2 rings (SSSR count). The molecule has 0 fully saturated rings. The second kappa shape index (κ2) is 6.06. The van der Waals surface area contributed by atoms with Crippen LogP contribution in [0.2, 0.25) is 0 Å². The van der Waals surface area contributed by atoms with Crippen LogP contribution in [-0.2, 0) is 11.8 Å². The van der Waals surface area contributed by atoms with Crippen molar-refractivity contribution in [1.29, 1.82) is 0 Å². The summed E-state index contributed by atoms with van der Waals surface area (Å²) in [6, 6.07) is 0.502. The Morgan fingerprint density at radius 1 is 1.50 bits per heavy atom. The molecule has 0 aliphatic heterocycles. The largest absolute Gasteiger partial charge is 0.479 e. The van der Waals surface area contributed by atoms with E-state index < -0.39 is 17.9 Å². The lowest BCUT2D eigenvalue weighted by atomic mass is 10.1. The van der Waals surface area contributed by atoms with Gasteiger partial charge < -0.3 is 10.4 Å². The Hall–Kier alpha value is -1.19. The van der Waals surface area contributed by atoms with Gasteiger partial charge in [0.15, 0.2) is 6.04 Å². The minimum atomic E-state index is -1.14. The number of carboxylic acids is 1. The molecule has 6 nitrogen and oxygen atoms in total. The van der Waals surface area contributed by atoms with Crippen LogP contribution in [0.3, 0.4) is 0 Å². The van der Waals surface area contributed by atoms with Crippen LogP contribution in [0.5, 0.6) is 0 Å². The molecule has 1 unspecified atom stereocenters. The van der Waals surface area contributed by atoms with Crippen molar-refractivity contribution in [3.63, 3.8) is 0 Å². The normalized spacial score (nSPS) is 12.2. The Morgan fingerprint density at radius 3 is 2.65 bits per heavy atom. The second-order valence-corrected chi connectivity index (χ2v) is 7.15. The van der Waals surface area contributed by atoms with Crippen molar-refractivity contribution < 1.29 is 14.7 Å². The lowest BCUT2D eigenvalue weighted by Gasteiger charge is -2.11. The summed E-state index contributed by atoms with van der Waals surface area (Å²) in [5.74, 6) is -1.58. The Balaban J connectivity index is 2.20. The maximum absolute atomic E-state index is 12.1. The van der Waals surface area contributed by atoms with Crippen LogP contribution in [0.25, 0.3) is 0 Å². The Bertz CT molecular complexity index is 648. The third-order valence-electron chi connectivity index (χ3n) is 2.45. The zero-order valence-electron chi connectivity index (χ0n) is 10.1. The van der Waals surface area contributed by atoms with Crippen molar-refractivity contribution in [3.05, 3.63) is 37.2 Å². The van der Waals surface area contributed by atoms with Crippen LogP contribution in [0.1, 0.15) is 21.3 Å². The van der Waals surface area contributed by atoms with Gasteiger partial charge in [0.2, 0.25) is 0 Å². The molecule has 2 aromatic rings. The number of amides is 1. The monoisotopic (exact) mass is 421 g/mol. The van der Waals surface area contributed by atoms with Crippen LogP contribution < -0.4 is 5.32 Å². The lowest BCUT2D eigenvalue weighted by molar-refractivity contribution is -0.139. The molecule has 0 radical (unpaired) electrons. The number of aryl methyl sites for hydroxylation is 1. The minimum absolute atomic E-state index is 0.416. The SMILES string of the molecule is Cn1cc(C(NC(=O)c2cc(Br)c(Br)s2)C(=O)O)cn1. The molecule has 0 saturated carbocycles. The summed E-state index contributed by atoms with van der Waals surface area (Å²) in [6.07, 6.45) is 2.97. The van der Waals surface area contributed by atoms with Gasteiger partial charge in [0.05, 0.1) is 14.9 Å². The number of thiophene rings is 1. The molecule has 0 aromatic carbocycles. The third kappa shape index (κ3) is 3.28. The van der Waals surface area contributed by atoms with Crippen LogP contribution in [0.4, 0.5) is 0 Å². The van der Waals surface area contributed by atoms with E-state index in [0.717, 1.165) is 8.26 Å². The summed E-state index contributed by atoms with van der Waals surface area (Å²) in [4.78, 5) is 23.8. The predicted molar refractivity (Wildman–Crippen MR) is 80.8 cm³/mol. The summed E-state index contributed by atoms with van der Waals surface area (Å²) >= 11 is 7.79. The van der Waals surface area contributed by atoms with Gasteiger partial charge in [-0.3, -0.25) is 9.48 Å². The summed E-state index contributed by atoms with van der Waals surface area (Å²) in [5.41, 5.74) is 0.419. The number of aliphatic carboxylic acids is 1. The van der Waals surface area contributed by atoms with Crippen molar-refractivity contribution in [3.8, 4) is 0 Å². The molecule has 1 amide bonds. The Morgan fingerprint density at radius 2 is 2.20 bits per heavy atom. The van der Waals surface area contributed by atoms with Crippen molar-refractivity contribution >= 4 is 55.1 Å². The zero-order valence-corrected chi connectivity index (χ0v) is 14.1. The molecule has 2 heterocycles. The van der Waals surface area contributed by atoms with E-state index in [-0.39, 0.29) is 0 Å². The van der Waals surface area contributed by atoms with E-state index in [1.165, 1.54) is 22.2 Å². The fourth-order valence-electron chi connectivity index (χ4n) is 1.54. The first-order valence-corrected chi connectivity index (χ1v) is 7.75. The van der Waals surface area contributed by atoms with Gasteiger partial charge in [-0.1, -0.05) is 0 Å². The number of hydrogen-bond donors (Lipinski definition) is 2. The van der Waals surface area contributed by atoms with E-state index in [0.29, 0.717) is 10.4 Å². The van der Waals surface area contributed by atoms with Crippen molar-refractivity contribution in [1.82, 2.24) is 15.1 Å². The quantitative estimate of drug-likeness (QED) is 0.792. The first kappa shape index (κ1) is 15.2. The predicted octanol–water partition coefficient (Wildman–Crippen LogP) is 2.56. The number of aromatic nitrogens is 2. The molecule has 2 aromatic heterocycles. The smallest absolute Gasteiger partial charge is 0.331 e. The van der Waals surface area contributed by atoms with Crippen LogP contribution in [0, 0.1) is 0 Å². The zero-order chi connectivity index (χ0) is 14.9. The number of carbonyl (C=O) groups is 2. The minimum Gasteiger partial charge on any atom is -0.479 e. The Labute approximate surface area is 135 Å². The topological polar surface area (TPSA) is 84.2 Å². The summed E-state index contributed by atoms with van der Waals surface area (Å²) in [6.45, 7) is 0. The molecule has 0 aliphatic carbocycles. The van der Waals surface area contributed by atoms with Gasteiger partial charge in [-0.25, -0.2) is 4.79 Å². The molecular formula is C11H9Br2N3O3S. The van der Waals surface area contributed by atoms with Crippen molar-refractivity contribution in [2.24, 2.45) is 7.05 Å². The van der Waals surface area contributed by atoms with Gasteiger partial charge in [-0.05, 0) is 37.9 Å². The number of halogens is 2. The number of nitrogens with one attached hydrogen (secondary N) is 1. The summed E-state index contributed by atoms with van der Waals surface area (Å²) < 4.78 is 3.01. The van der Waals surface area contributed by atoms with Gasteiger partial charge in [-0.2, -0.15) is 5.10 Å². The highest BCUT2D eigenvalue weighted by molar-refractivity contribution is 9.13. The molecule has 1 atom stereocenters. The summed E-state index contributed by atoms with van der Waals surface area (Å²) in [7, 11) is 1.68. The van der Waals surface area contributed by atoms with Crippen molar-refractivity contribution in [2.45, 2.75) is 6.04 Å². The first-order valence-electron chi connectivity index (χ1n) is 5.35. The number of hydrogen-bond acceptors (Lipinski definition) is 4. The van der Waals surface area contributed by atoms with Gasteiger partial charge >= 0.3 is 5.97 Å². The standard InChI is InChI=1S/C11H9Br2N3O3S/c1-16-4-5(3-14-16)8(11(18)19)15-10(17)7-2-6(12)9(13)20-7/h2-4,8H,1H3,(H,15,17)(H,18,19). The van der Waals surface area contributed by atoms with E-state index in [1.807, 2.05) is 0 Å². The molecular weight excluding hydrogens is 414 g/mol. The number of rotatable bonds is 4. The van der Waals surface area contributed by atoms with E-state index in [4.69, 9.17) is 0 Å². The van der Waals surface area contributed by atoms with Gasteiger partial charge in [0.1, 0.15) is 0 Å². The fourth-order valence-corrected chi connectivity index (χ4v) is 3.48. The highest BCUT2D eigenvalue weighted by Gasteiger charge is 2.25. The van der Waals surface area contributed by atoms with Crippen LogP contribution in [-0.4, -0.2) is 26.8 Å². The molecule has 0 saturated heterocycles. The lowest BCUT2D eigenvalue weighted by Crippen LogP contribution is -2.33. The molecule has 106 valence electrons. The maximum atomic E-state index is 12.1. The second-order valence-electron chi connectivity index (χ2n) is 3.92. The average Bonchev–Trinajstić information content (AvgIpc) is 2.93. The van der Waals surface area contributed by atoms with Crippen LogP contribution in [0.15, 0.2) is 26.7 Å². The van der Waals surface area contributed by atoms with Gasteiger partial charge in [-0.15, -0.1) is 11.3 Å². The third-order valence-corrected chi connectivity index (χ3v) is 5.70.